The highest BCUT2D eigenvalue weighted by Crippen LogP contribution is 2.56. The van der Waals surface area contributed by atoms with Crippen LogP contribution in [0.5, 0.6) is 0 Å². The van der Waals surface area contributed by atoms with Crippen LogP contribution in [0.2, 0.25) is 0 Å². The molecule has 6 nitrogen and oxygen atoms in total. The van der Waals surface area contributed by atoms with Gasteiger partial charge < -0.3 is 9.84 Å². The molecule has 2 aromatic rings. The van der Waals surface area contributed by atoms with Crippen LogP contribution in [-0.4, -0.2) is 21.8 Å². The van der Waals surface area contributed by atoms with Gasteiger partial charge in [0, 0.05) is 11.3 Å². The van der Waals surface area contributed by atoms with Crippen molar-refractivity contribution in [1.29, 1.82) is 0 Å². The predicted molar refractivity (Wildman–Crippen MR) is 86.4 cm³/mol. The minimum Gasteiger partial charge on any atom is -0.359 e. The lowest BCUT2D eigenvalue weighted by Crippen LogP contribution is -2.49. The maximum atomic E-state index is 13.0. The molecule has 0 radical (unpaired) electrons. The van der Waals surface area contributed by atoms with Gasteiger partial charge in [0.05, 0.1) is 5.69 Å². The van der Waals surface area contributed by atoms with Crippen LogP contribution in [0.25, 0.3) is 0 Å². The molecule has 0 saturated carbocycles. The quantitative estimate of drug-likeness (QED) is 0.917. The molecule has 1 N–H and O–H groups in total. The molecule has 1 aromatic carbocycles. The number of fused-ring (bicyclic) bond motifs is 3. The van der Waals surface area contributed by atoms with Gasteiger partial charge in [-0.2, -0.15) is 0 Å². The standard InChI is InChI=1S/C16H15N3O3S/c1-9-14(10(2)22-18-9)17-15(21)16-8-7-13(20)19(16)11-5-3-4-6-12(11)23-16/h3-6H,7-8H2,1-2H3,(H,17,21). The normalized spacial score (nSPS) is 22.2. The Morgan fingerprint density at radius 3 is 2.91 bits per heavy atom. The molecule has 1 atom stereocenters. The average Bonchev–Trinajstić information content (AvgIpc) is 3.15. The van der Waals surface area contributed by atoms with Crippen molar-refractivity contribution in [3.05, 3.63) is 35.7 Å². The fourth-order valence-corrected chi connectivity index (χ4v) is 4.58. The van der Waals surface area contributed by atoms with Gasteiger partial charge in [0.25, 0.3) is 5.91 Å². The highest BCUT2D eigenvalue weighted by Gasteiger charge is 2.57. The van der Waals surface area contributed by atoms with Crippen LogP contribution in [-0.2, 0) is 9.59 Å². The number of rotatable bonds is 2. The summed E-state index contributed by atoms with van der Waals surface area (Å²) in [5, 5.41) is 6.76. The fraction of sp³-hybridized carbons (Fsp3) is 0.312. The molecule has 1 aromatic heterocycles. The maximum Gasteiger partial charge on any atom is 0.261 e. The Labute approximate surface area is 137 Å². The number of aryl methyl sites for hydroxylation is 2. The topological polar surface area (TPSA) is 75.4 Å². The smallest absolute Gasteiger partial charge is 0.261 e. The van der Waals surface area contributed by atoms with Crippen LogP contribution in [0, 0.1) is 13.8 Å². The SMILES string of the molecule is Cc1noc(C)c1NC(=O)C12CCC(=O)N1c1ccccc1S2. The Morgan fingerprint density at radius 2 is 2.17 bits per heavy atom. The first-order chi connectivity index (χ1) is 11.0. The minimum absolute atomic E-state index is 0.0173. The third-order valence-corrected chi connectivity index (χ3v) is 5.77. The van der Waals surface area contributed by atoms with Crippen LogP contribution in [0.1, 0.15) is 24.3 Å². The number of hydrogen-bond acceptors (Lipinski definition) is 5. The number of benzene rings is 1. The summed E-state index contributed by atoms with van der Waals surface area (Å²) in [6, 6.07) is 7.62. The zero-order chi connectivity index (χ0) is 16.2. The summed E-state index contributed by atoms with van der Waals surface area (Å²) >= 11 is 1.44. The molecule has 1 saturated heterocycles. The second-order valence-corrected chi connectivity index (χ2v) is 7.06. The first-order valence-electron chi connectivity index (χ1n) is 7.38. The molecule has 7 heteroatoms. The number of carbonyl (C=O) groups excluding carboxylic acids is 2. The summed E-state index contributed by atoms with van der Waals surface area (Å²) in [7, 11) is 0. The van der Waals surface area contributed by atoms with E-state index in [9.17, 15) is 9.59 Å². The molecule has 4 rings (SSSR count). The second kappa shape index (κ2) is 4.86. The molecule has 0 spiro atoms. The van der Waals surface area contributed by atoms with Gasteiger partial charge in [-0.3, -0.25) is 14.5 Å². The lowest BCUT2D eigenvalue weighted by Gasteiger charge is -2.29. The summed E-state index contributed by atoms with van der Waals surface area (Å²) in [5.41, 5.74) is 2.03. The number of nitrogens with zero attached hydrogens (tertiary/aromatic N) is 2. The van der Waals surface area contributed by atoms with Crippen molar-refractivity contribution in [3.8, 4) is 0 Å². The predicted octanol–water partition coefficient (Wildman–Crippen LogP) is 2.86. The zero-order valence-electron chi connectivity index (χ0n) is 12.8. The van der Waals surface area contributed by atoms with Crippen molar-refractivity contribution in [2.24, 2.45) is 0 Å². The van der Waals surface area contributed by atoms with Crippen molar-refractivity contribution in [2.45, 2.75) is 36.5 Å². The van der Waals surface area contributed by atoms with Gasteiger partial charge in [-0.1, -0.05) is 29.1 Å². The molecule has 0 aliphatic carbocycles. The second-order valence-electron chi connectivity index (χ2n) is 5.74. The first-order valence-corrected chi connectivity index (χ1v) is 8.20. The lowest BCUT2D eigenvalue weighted by atomic mass is 10.1. The van der Waals surface area contributed by atoms with Gasteiger partial charge in [0.15, 0.2) is 10.6 Å². The highest BCUT2D eigenvalue weighted by molar-refractivity contribution is 8.02. The van der Waals surface area contributed by atoms with Crippen molar-refractivity contribution in [1.82, 2.24) is 5.16 Å². The molecule has 1 fully saturated rings. The number of aromatic nitrogens is 1. The Morgan fingerprint density at radius 1 is 1.39 bits per heavy atom. The minimum atomic E-state index is -0.920. The van der Waals surface area contributed by atoms with E-state index in [4.69, 9.17) is 4.52 Å². The van der Waals surface area contributed by atoms with E-state index in [2.05, 4.69) is 10.5 Å². The number of anilines is 2. The van der Waals surface area contributed by atoms with Gasteiger partial charge >= 0.3 is 0 Å². The molecular weight excluding hydrogens is 314 g/mol. The zero-order valence-corrected chi connectivity index (χ0v) is 13.6. The number of carbonyl (C=O) groups is 2. The number of para-hydroxylation sites is 1. The first kappa shape index (κ1) is 14.3. The third-order valence-electron chi connectivity index (χ3n) is 4.30. The summed E-state index contributed by atoms with van der Waals surface area (Å²) in [6.07, 6.45) is 0.858. The molecule has 2 amide bonds. The molecular formula is C16H15N3O3S. The van der Waals surface area contributed by atoms with Crippen LogP contribution >= 0.6 is 11.8 Å². The van der Waals surface area contributed by atoms with Crippen LogP contribution in [0.15, 0.2) is 33.7 Å². The van der Waals surface area contributed by atoms with E-state index in [0.717, 1.165) is 10.6 Å². The Balaban J connectivity index is 1.73. The Kier molecular flexibility index (Phi) is 3.02. The number of hydrogen-bond donors (Lipinski definition) is 1. The molecule has 118 valence electrons. The number of nitrogens with one attached hydrogen (secondary N) is 1. The highest BCUT2D eigenvalue weighted by atomic mass is 32.2. The molecule has 1 unspecified atom stereocenters. The number of amides is 2. The van der Waals surface area contributed by atoms with Gasteiger partial charge in [-0.05, 0) is 32.4 Å². The lowest BCUT2D eigenvalue weighted by molar-refractivity contribution is -0.121. The Bertz CT molecular complexity index is 812. The van der Waals surface area contributed by atoms with Crippen LogP contribution in [0.4, 0.5) is 11.4 Å². The summed E-state index contributed by atoms with van der Waals surface area (Å²) in [6.45, 7) is 3.53. The average molecular weight is 329 g/mol. The summed E-state index contributed by atoms with van der Waals surface area (Å²) in [4.78, 5) is 27.1. The van der Waals surface area contributed by atoms with Crippen molar-refractivity contribution >= 4 is 35.0 Å². The third kappa shape index (κ3) is 1.92. The molecule has 2 aliphatic heterocycles. The summed E-state index contributed by atoms with van der Waals surface area (Å²) < 4.78 is 5.10. The van der Waals surface area contributed by atoms with E-state index >= 15 is 0 Å². The van der Waals surface area contributed by atoms with Crippen molar-refractivity contribution < 1.29 is 14.1 Å². The van der Waals surface area contributed by atoms with Crippen molar-refractivity contribution in [3.63, 3.8) is 0 Å². The Hall–Kier alpha value is -2.28. The van der Waals surface area contributed by atoms with Gasteiger partial charge in [0.1, 0.15) is 11.4 Å². The fourth-order valence-electron chi connectivity index (χ4n) is 3.17. The van der Waals surface area contributed by atoms with Gasteiger partial charge in [-0.25, -0.2) is 0 Å². The monoisotopic (exact) mass is 329 g/mol. The molecule has 2 aliphatic rings. The maximum absolute atomic E-state index is 13.0. The summed E-state index contributed by atoms with van der Waals surface area (Å²) in [5.74, 6) is 0.332. The molecule has 0 bridgehead atoms. The van der Waals surface area contributed by atoms with E-state index in [-0.39, 0.29) is 11.8 Å². The van der Waals surface area contributed by atoms with E-state index < -0.39 is 4.87 Å². The van der Waals surface area contributed by atoms with Gasteiger partial charge in [0.2, 0.25) is 5.91 Å². The number of thioether (sulfide) groups is 1. The molecule has 3 heterocycles. The largest absolute Gasteiger partial charge is 0.359 e. The van der Waals surface area contributed by atoms with Gasteiger partial charge in [-0.15, -0.1) is 0 Å². The van der Waals surface area contributed by atoms with Crippen molar-refractivity contribution in [2.75, 3.05) is 10.2 Å². The van der Waals surface area contributed by atoms with E-state index in [1.807, 2.05) is 24.3 Å². The van der Waals surface area contributed by atoms with Crippen LogP contribution < -0.4 is 10.2 Å². The van der Waals surface area contributed by atoms with Crippen LogP contribution in [0.3, 0.4) is 0 Å². The van der Waals surface area contributed by atoms with E-state index in [1.165, 1.54) is 11.8 Å². The van der Waals surface area contributed by atoms with E-state index in [0.29, 0.717) is 30.0 Å². The van der Waals surface area contributed by atoms with E-state index in [1.54, 1.807) is 18.7 Å². The molecule has 23 heavy (non-hydrogen) atoms.